The molecule has 0 bridgehead atoms. The molecule has 1 fully saturated rings. The van der Waals surface area contributed by atoms with Crippen LogP contribution in [0.25, 0.3) is 0 Å². The van der Waals surface area contributed by atoms with E-state index in [1.54, 1.807) is 11.8 Å². The van der Waals surface area contributed by atoms with Gasteiger partial charge in [-0.2, -0.15) is 4.37 Å². The van der Waals surface area contributed by atoms with E-state index in [0.29, 0.717) is 11.9 Å². The summed E-state index contributed by atoms with van der Waals surface area (Å²) in [6, 6.07) is 0.641. The van der Waals surface area contributed by atoms with Crippen molar-refractivity contribution in [3.05, 3.63) is 0 Å². The molecule has 1 saturated heterocycles. The van der Waals surface area contributed by atoms with Crippen molar-refractivity contribution in [2.45, 2.75) is 24.3 Å². The van der Waals surface area contributed by atoms with E-state index >= 15 is 0 Å². The van der Waals surface area contributed by atoms with Crippen molar-refractivity contribution in [3.8, 4) is 0 Å². The Hall–Kier alpha value is -0.460. The number of likely N-dealkylation sites (N-methyl/N-ethyl adjacent to an activating group) is 1. The summed E-state index contributed by atoms with van der Waals surface area (Å²) in [6.07, 6.45) is 3.26. The van der Waals surface area contributed by atoms with Crippen molar-refractivity contribution in [2.24, 2.45) is 0 Å². The summed E-state index contributed by atoms with van der Waals surface area (Å²) in [5.41, 5.74) is 5.89. The highest BCUT2D eigenvalue weighted by atomic mass is 32.2. The van der Waals surface area contributed by atoms with Crippen molar-refractivity contribution in [1.29, 1.82) is 0 Å². The lowest BCUT2D eigenvalue weighted by molar-refractivity contribution is 0.213. The predicted molar refractivity (Wildman–Crippen MR) is 77.2 cm³/mol. The molecule has 17 heavy (non-hydrogen) atoms. The topological polar surface area (TPSA) is 45.4 Å². The highest BCUT2D eigenvalue weighted by Gasteiger charge is 2.26. The van der Waals surface area contributed by atoms with E-state index in [2.05, 4.69) is 34.4 Å². The summed E-state index contributed by atoms with van der Waals surface area (Å²) in [6.45, 7) is 5.52. The average Bonchev–Trinajstić information content (AvgIpc) is 2.71. The molecule has 1 unspecified atom stereocenters. The SMILES string of the molecule is CCC1CN(c2snc(N)c2SC)CCN1C. The summed E-state index contributed by atoms with van der Waals surface area (Å²) in [4.78, 5) is 6.03. The first-order valence-corrected chi connectivity index (χ1v) is 7.91. The van der Waals surface area contributed by atoms with Crippen molar-refractivity contribution >= 4 is 34.1 Å². The standard InChI is InChI=1S/C11H20N4S2/c1-4-8-7-15(6-5-14(8)2)11-9(16-3)10(12)13-17-11/h8H,4-7H2,1-3H3,(H2,12,13). The molecule has 1 aliphatic heterocycles. The number of nitrogens with zero attached hydrogens (tertiary/aromatic N) is 3. The van der Waals surface area contributed by atoms with Crippen LogP contribution in [-0.4, -0.2) is 48.3 Å². The number of nitrogens with two attached hydrogens (primary N) is 1. The van der Waals surface area contributed by atoms with Gasteiger partial charge in [0.05, 0.1) is 4.90 Å². The number of thioether (sulfide) groups is 1. The number of hydrogen-bond acceptors (Lipinski definition) is 6. The van der Waals surface area contributed by atoms with Crippen LogP contribution < -0.4 is 10.6 Å². The fourth-order valence-corrected chi connectivity index (χ4v) is 3.97. The molecule has 2 N–H and O–H groups in total. The Balaban J connectivity index is 2.17. The first-order chi connectivity index (χ1) is 8.17. The summed E-state index contributed by atoms with van der Waals surface area (Å²) in [5.74, 6) is 0.685. The van der Waals surface area contributed by atoms with Crippen LogP contribution in [0.3, 0.4) is 0 Å². The molecular weight excluding hydrogens is 252 g/mol. The number of rotatable bonds is 3. The van der Waals surface area contributed by atoms with E-state index in [9.17, 15) is 0 Å². The van der Waals surface area contributed by atoms with E-state index in [0.717, 1.165) is 24.5 Å². The van der Waals surface area contributed by atoms with Crippen LogP contribution >= 0.6 is 23.3 Å². The lowest BCUT2D eigenvalue weighted by Crippen LogP contribution is -2.51. The highest BCUT2D eigenvalue weighted by Crippen LogP contribution is 2.38. The summed E-state index contributed by atoms with van der Waals surface area (Å²) >= 11 is 3.23. The Kier molecular flexibility index (Phi) is 4.17. The number of anilines is 2. The van der Waals surface area contributed by atoms with Crippen molar-refractivity contribution < 1.29 is 0 Å². The number of hydrogen-bond donors (Lipinski definition) is 1. The lowest BCUT2D eigenvalue weighted by Gasteiger charge is -2.39. The summed E-state index contributed by atoms with van der Waals surface area (Å²) in [5, 5.41) is 1.25. The van der Waals surface area contributed by atoms with Gasteiger partial charge in [-0.15, -0.1) is 11.8 Å². The van der Waals surface area contributed by atoms with Crippen LogP contribution in [0.4, 0.5) is 10.8 Å². The molecule has 6 heteroatoms. The fraction of sp³-hybridized carbons (Fsp3) is 0.727. The van der Waals surface area contributed by atoms with Gasteiger partial charge < -0.3 is 10.6 Å². The third kappa shape index (κ3) is 2.53. The molecule has 0 radical (unpaired) electrons. The molecule has 4 nitrogen and oxygen atoms in total. The second-order valence-corrected chi connectivity index (χ2v) is 5.96. The Morgan fingerprint density at radius 3 is 2.94 bits per heavy atom. The van der Waals surface area contributed by atoms with Gasteiger partial charge in [0.1, 0.15) is 5.00 Å². The molecule has 1 aliphatic rings. The number of piperazine rings is 1. The van der Waals surface area contributed by atoms with Crippen LogP contribution in [-0.2, 0) is 0 Å². The van der Waals surface area contributed by atoms with E-state index < -0.39 is 0 Å². The molecule has 0 spiro atoms. The minimum absolute atomic E-state index is 0.641. The minimum Gasteiger partial charge on any atom is -0.382 e. The minimum atomic E-state index is 0.641. The molecule has 1 aromatic heterocycles. The van der Waals surface area contributed by atoms with Gasteiger partial charge >= 0.3 is 0 Å². The van der Waals surface area contributed by atoms with Gasteiger partial charge in [0.15, 0.2) is 5.82 Å². The third-order valence-corrected chi connectivity index (χ3v) is 5.26. The van der Waals surface area contributed by atoms with Crippen molar-refractivity contribution in [3.63, 3.8) is 0 Å². The van der Waals surface area contributed by atoms with E-state index in [1.807, 2.05) is 0 Å². The summed E-state index contributed by atoms with van der Waals surface area (Å²) in [7, 11) is 2.21. The zero-order chi connectivity index (χ0) is 12.4. The van der Waals surface area contributed by atoms with Gasteiger partial charge in [-0.3, -0.25) is 4.90 Å². The van der Waals surface area contributed by atoms with Crippen LogP contribution in [0.1, 0.15) is 13.3 Å². The van der Waals surface area contributed by atoms with Gasteiger partial charge in [-0.05, 0) is 31.3 Å². The third-order valence-electron chi connectivity index (χ3n) is 3.40. The van der Waals surface area contributed by atoms with Crippen molar-refractivity contribution in [2.75, 3.05) is 43.6 Å². The molecule has 1 aromatic rings. The fourth-order valence-electron chi connectivity index (χ4n) is 2.25. The normalized spacial score (nSPS) is 22.1. The maximum Gasteiger partial charge on any atom is 0.153 e. The van der Waals surface area contributed by atoms with E-state index in [4.69, 9.17) is 5.73 Å². The lowest BCUT2D eigenvalue weighted by atomic mass is 10.1. The molecule has 0 aromatic carbocycles. The van der Waals surface area contributed by atoms with E-state index in [1.165, 1.54) is 23.0 Å². The molecular formula is C11H20N4S2. The number of aromatic nitrogens is 1. The van der Waals surface area contributed by atoms with Gasteiger partial charge in [-0.1, -0.05) is 6.92 Å². The smallest absolute Gasteiger partial charge is 0.153 e. The zero-order valence-electron chi connectivity index (χ0n) is 10.6. The van der Waals surface area contributed by atoms with Gasteiger partial charge in [-0.25, -0.2) is 0 Å². The Labute approximate surface area is 111 Å². The van der Waals surface area contributed by atoms with Crippen LogP contribution in [0, 0.1) is 0 Å². The molecule has 96 valence electrons. The monoisotopic (exact) mass is 272 g/mol. The highest BCUT2D eigenvalue weighted by molar-refractivity contribution is 7.99. The molecule has 1 atom stereocenters. The van der Waals surface area contributed by atoms with Gasteiger partial charge in [0.2, 0.25) is 0 Å². The van der Waals surface area contributed by atoms with Gasteiger partial charge in [0, 0.05) is 25.7 Å². The molecule has 2 heterocycles. The largest absolute Gasteiger partial charge is 0.382 e. The summed E-state index contributed by atoms with van der Waals surface area (Å²) < 4.78 is 4.28. The quantitative estimate of drug-likeness (QED) is 0.853. The average molecular weight is 272 g/mol. The molecule has 0 aliphatic carbocycles. The Morgan fingerprint density at radius 1 is 1.53 bits per heavy atom. The first-order valence-electron chi connectivity index (χ1n) is 5.91. The maximum absolute atomic E-state index is 5.89. The molecule has 2 rings (SSSR count). The van der Waals surface area contributed by atoms with Crippen molar-refractivity contribution in [1.82, 2.24) is 9.27 Å². The molecule has 0 saturated carbocycles. The predicted octanol–water partition coefficient (Wildman–Crippen LogP) is 1.98. The van der Waals surface area contributed by atoms with Crippen LogP contribution in [0.15, 0.2) is 4.90 Å². The number of nitrogen functional groups attached to an aromatic ring is 1. The van der Waals surface area contributed by atoms with E-state index in [-0.39, 0.29) is 0 Å². The molecule has 0 amide bonds. The second-order valence-electron chi connectivity index (χ2n) is 4.39. The van der Waals surface area contributed by atoms with Crippen LogP contribution in [0.2, 0.25) is 0 Å². The van der Waals surface area contributed by atoms with Crippen LogP contribution in [0.5, 0.6) is 0 Å². The van der Waals surface area contributed by atoms with Gasteiger partial charge in [0.25, 0.3) is 0 Å². The maximum atomic E-state index is 5.89. The Morgan fingerprint density at radius 2 is 2.29 bits per heavy atom. The Bertz CT molecular complexity index is 380. The first kappa shape index (κ1) is 13.0. The second kappa shape index (κ2) is 5.46. The zero-order valence-corrected chi connectivity index (χ0v) is 12.3.